The Morgan fingerprint density at radius 3 is 2.78 bits per heavy atom. The van der Waals surface area contributed by atoms with E-state index in [1.54, 1.807) is 18.6 Å². The van der Waals surface area contributed by atoms with Gasteiger partial charge in [0.1, 0.15) is 12.4 Å². The maximum absolute atomic E-state index is 12.1. The molecule has 180 valence electrons. The van der Waals surface area contributed by atoms with E-state index >= 15 is 0 Å². The molecule has 2 rings (SSSR count). The van der Waals surface area contributed by atoms with Gasteiger partial charge >= 0.3 is 6.09 Å². The molecule has 1 unspecified atom stereocenters. The topological polar surface area (TPSA) is 113 Å². The number of allylic oxidation sites excluding steroid dienone is 1. The molecule has 2 heterocycles. The van der Waals surface area contributed by atoms with E-state index in [0.29, 0.717) is 24.7 Å². The van der Waals surface area contributed by atoms with Crippen LogP contribution in [0.1, 0.15) is 40.0 Å². The molecular formula is C20H30Cl3N5O4. The van der Waals surface area contributed by atoms with Gasteiger partial charge in [-0.05, 0) is 19.3 Å². The summed E-state index contributed by atoms with van der Waals surface area (Å²) in [5.41, 5.74) is 6.29. The van der Waals surface area contributed by atoms with Crippen molar-refractivity contribution in [2.75, 3.05) is 19.8 Å². The van der Waals surface area contributed by atoms with Crippen molar-refractivity contribution in [2.45, 2.75) is 56.7 Å². The van der Waals surface area contributed by atoms with Crippen LogP contribution in [0.4, 0.5) is 10.6 Å². The van der Waals surface area contributed by atoms with Crippen LogP contribution >= 0.6 is 34.8 Å². The summed E-state index contributed by atoms with van der Waals surface area (Å²) in [5.74, 6) is 0.511. The first-order chi connectivity index (χ1) is 14.9. The first kappa shape index (κ1) is 26.7. The number of aliphatic imine (C=N–C) groups is 1. The van der Waals surface area contributed by atoms with E-state index in [-0.39, 0.29) is 17.5 Å². The van der Waals surface area contributed by atoms with Gasteiger partial charge < -0.3 is 24.5 Å². The van der Waals surface area contributed by atoms with Crippen molar-refractivity contribution in [3.8, 4) is 0 Å². The van der Waals surface area contributed by atoms with Crippen molar-refractivity contribution in [1.82, 2.24) is 14.9 Å². The molecule has 1 aromatic rings. The number of halogens is 3. The Morgan fingerprint density at radius 1 is 1.41 bits per heavy atom. The average molecular weight is 511 g/mol. The lowest BCUT2D eigenvalue weighted by Crippen LogP contribution is -2.33. The van der Waals surface area contributed by atoms with Crippen molar-refractivity contribution < 1.29 is 19.0 Å². The van der Waals surface area contributed by atoms with E-state index in [1.807, 2.05) is 25.3 Å². The third-order valence-electron chi connectivity index (χ3n) is 4.40. The molecule has 1 aromatic heterocycles. The molecule has 0 bridgehead atoms. The molecule has 1 aliphatic rings. The minimum atomic E-state index is -1.72. The fourth-order valence-electron chi connectivity index (χ4n) is 2.53. The normalized spacial score (nSPS) is 18.5. The standard InChI is InChI=1S/C20H30Cl3N5O4/c1-19(2,3)14(24)10-15(27-18(29)32-12-20(21,22)23)26-16-11-28(13-25-16)7-9-31-17-6-4-5-8-30-17/h10-11,13,17H,4-9,12,24H2,1-3H3,(H,26,27,29)/b14-10-. The zero-order valence-corrected chi connectivity index (χ0v) is 20.7. The number of carbonyl (C=O) groups excluding carboxylic acids is 1. The number of ether oxygens (including phenoxy) is 3. The molecule has 1 amide bonds. The Bertz CT molecular complexity index is 809. The summed E-state index contributed by atoms with van der Waals surface area (Å²) < 4.78 is 16.3. The van der Waals surface area contributed by atoms with Crippen LogP contribution in [-0.2, 0) is 20.8 Å². The summed E-state index contributed by atoms with van der Waals surface area (Å²) in [6.45, 7) is 7.17. The number of alkyl halides is 3. The summed E-state index contributed by atoms with van der Waals surface area (Å²) in [7, 11) is 0. The second-order valence-corrected chi connectivity index (χ2v) is 10.8. The number of rotatable bonds is 7. The summed E-state index contributed by atoms with van der Waals surface area (Å²) in [4.78, 5) is 20.7. The van der Waals surface area contributed by atoms with Crippen molar-refractivity contribution in [2.24, 2.45) is 16.1 Å². The van der Waals surface area contributed by atoms with Crippen LogP contribution in [-0.4, -0.2) is 51.4 Å². The quantitative estimate of drug-likeness (QED) is 0.318. The molecule has 0 aromatic carbocycles. The average Bonchev–Trinajstić information content (AvgIpc) is 3.13. The maximum Gasteiger partial charge on any atom is 0.412 e. The highest BCUT2D eigenvalue weighted by molar-refractivity contribution is 6.67. The van der Waals surface area contributed by atoms with Crippen molar-refractivity contribution in [1.29, 1.82) is 0 Å². The fraction of sp³-hybridized carbons (Fsp3) is 0.650. The number of imidazole rings is 1. The molecule has 1 aliphatic heterocycles. The zero-order valence-electron chi connectivity index (χ0n) is 18.4. The van der Waals surface area contributed by atoms with Gasteiger partial charge in [0.25, 0.3) is 0 Å². The van der Waals surface area contributed by atoms with E-state index < -0.39 is 16.5 Å². The van der Waals surface area contributed by atoms with E-state index in [0.717, 1.165) is 25.9 Å². The van der Waals surface area contributed by atoms with Gasteiger partial charge in [0.15, 0.2) is 12.1 Å². The smallest absolute Gasteiger partial charge is 0.412 e. The number of amides is 1. The minimum absolute atomic E-state index is 0.142. The van der Waals surface area contributed by atoms with Crippen LogP contribution in [0.5, 0.6) is 0 Å². The van der Waals surface area contributed by atoms with Gasteiger partial charge in [0.2, 0.25) is 3.79 Å². The van der Waals surface area contributed by atoms with Crippen LogP contribution in [0.25, 0.3) is 0 Å². The lowest BCUT2D eigenvalue weighted by Gasteiger charge is -2.22. The number of amidine groups is 1. The number of alkyl carbamates (subject to hydrolysis) is 1. The van der Waals surface area contributed by atoms with Crippen LogP contribution < -0.4 is 11.1 Å². The molecular weight excluding hydrogens is 481 g/mol. The number of hydrogen-bond acceptors (Lipinski definition) is 7. The van der Waals surface area contributed by atoms with E-state index in [1.165, 1.54) is 0 Å². The summed E-state index contributed by atoms with van der Waals surface area (Å²) >= 11 is 16.8. The molecule has 3 N–H and O–H groups in total. The highest BCUT2D eigenvalue weighted by Crippen LogP contribution is 2.26. The second-order valence-electron chi connectivity index (χ2n) is 8.30. The molecule has 9 nitrogen and oxygen atoms in total. The van der Waals surface area contributed by atoms with E-state index in [4.69, 9.17) is 54.7 Å². The monoisotopic (exact) mass is 509 g/mol. The highest BCUT2D eigenvalue weighted by Gasteiger charge is 2.23. The fourth-order valence-corrected chi connectivity index (χ4v) is 2.70. The van der Waals surface area contributed by atoms with Crippen molar-refractivity contribution in [3.05, 3.63) is 24.3 Å². The lowest BCUT2D eigenvalue weighted by atomic mass is 9.92. The number of carbonyl (C=O) groups is 1. The Kier molecular flexibility index (Phi) is 10.1. The molecule has 1 atom stereocenters. The number of hydrogen-bond donors (Lipinski definition) is 2. The Hall–Kier alpha value is -1.52. The second kappa shape index (κ2) is 12.1. The Morgan fingerprint density at radius 2 is 2.16 bits per heavy atom. The highest BCUT2D eigenvalue weighted by atomic mass is 35.6. The third kappa shape index (κ3) is 10.4. The third-order valence-corrected chi connectivity index (χ3v) is 4.73. The van der Waals surface area contributed by atoms with Gasteiger partial charge in [-0.25, -0.2) is 14.8 Å². The van der Waals surface area contributed by atoms with Gasteiger partial charge in [-0.1, -0.05) is 55.6 Å². The molecule has 1 fully saturated rings. The predicted octanol–water partition coefficient (Wildman–Crippen LogP) is 4.44. The zero-order chi connectivity index (χ0) is 23.8. The van der Waals surface area contributed by atoms with E-state index in [2.05, 4.69) is 15.3 Å². The van der Waals surface area contributed by atoms with Crippen molar-refractivity contribution >= 4 is 52.5 Å². The SMILES string of the molecule is CC(C)(C)/C(N)=C/C(=Nc1cn(CCOC2CCCCO2)cn1)NC(=O)OCC(Cl)(Cl)Cl. The van der Waals surface area contributed by atoms with Gasteiger partial charge in [-0.15, -0.1) is 0 Å². The largest absolute Gasteiger partial charge is 0.445 e. The molecule has 0 spiro atoms. The van der Waals surface area contributed by atoms with Gasteiger partial charge in [-0.2, -0.15) is 0 Å². The molecule has 0 aliphatic carbocycles. The minimum Gasteiger partial charge on any atom is -0.445 e. The number of aromatic nitrogens is 2. The van der Waals surface area contributed by atoms with Gasteiger partial charge in [0.05, 0.1) is 12.9 Å². The molecule has 1 saturated heterocycles. The van der Waals surface area contributed by atoms with Crippen molar-refractivity contribution in [3.63, 3.8) is 0 Å². The molecule has 12 heteroatoms. The summed E-state index contributed by atoms with van der Waals surface area (Å²) in [6, 6.07) is 0. The number of nitrogens with two attached hydrogens (primary N) is 1. The van der Waals surface area contributed by atoms with Crippen LogP contribution in [0.3, 0.4) is 0 Å². The Labute approximate surface area is 203 Å². The summed E-state index contributed by atoms with van der Waals surface area (Å²) in [6.07, 6.45) is 6.99. The Balaban J connectivity index is 2.04. The van der Waals surface area contributed by atoms with Crippen LogP contribution in [0.2, 0.25) is 0 Å². The van der Waals surface area contributed by atoms with Gasteiger partial charge in [-0.3, -0.25) is 5.32 Å². The molecule has 32 heavy (non-hydrogen) atoms. The molecule has 0 saturated carbocycles. The number of nitrogens with zero attached hydrogens (tertiary/aromatic N) is 3. The predicted molar refractivity (Wildman–Crippen MR) is 125 cm³/mol. The maximum atomic E-state index is 12.1. The van der Waals surface area contributed by atoms with Crippen LogP contribution in [0, 0.1) is 5.41 Å². The van der Waals surface area contributed by atoms with Gasteiger partial charge in [0, 0.05) is 36.5 Å². The summed E-state index contributed by atoms with van der Waals surface area (Å²) in [5, 5.41) is 2.50. The lowest BCUT2D eigenvalue weighted by molar-refractivity contribution is -0.163. The first-order valence-corrected chi connectivity index (χ1v) is 11.4. The molecule has 0 radical (unpaired) electrons. The van der Waals surface area contributed by atoms with Crippen LogP contribution in [0.15, 0.2) is 29.3 Å². The van der Waals surface area contributed by atoms with E-state index in [9.17, 15) is 4.79 Å². The number of nitrogens with one attached hydrogen (secondary N) is 1. The first-order valence-electron chi connectivity index (χ1n) is 10.2.